The van der Waals surface area contributed by atoms with Crippen molar-refractivity contribution in [3.8, 4) is 0 Å². The molecule has 4 heteroatoms. The van der Waals surface area contributed by atoms with Crippen molar-refractivity contribution in [2.45, 2.75) is 66.9 Å². The first-order valence-corrected chi connectivity index (χ1v) is 8.93. The molecule has 0 aromatic rings. The molecule has 0 fully saturated rings. The van der Waals surface area contributed by atoms with Gasteiger partial charge in [0.05, 0.1) is 17.1 Å². The molecule has 140 valence electrons. The lowest BCUT2D eigenvalue weighted by Gasteiger charge is -2.41. The lowest BCUT2D eigenvalue weighted by Crippen LogP contribution is -2.49. The van der Waals surface area contributed by atoms with Crippen LogP contribution in [0.3, 0.4) is 0 Å². The van der Waals surface area contributed by atoms with Crippen LogP contribution in [0.25, 0.3) is 0 Å². The van der Waals surface area contributed by atoms with Gasteiger partial charge >= 0.3 is 0 Å². The molecule has 0 heterocycles. The van der Waals surface area contributed by atoms with E-state index in [1.165, 1.54) is 6.08 Å². The Bertz CT molecular complexity index is 579. The Labute approximate surface area is 151 Å². The number of hydrogen-bond acceptors (Lipinski definition) is 4. The van der Waals surface area contributed by atoms with Crippen LogP contribution in [-0.2, 0) is 9.59 Å². The predicted molar refractivity (Wildman–Crippen MR) is 100 cm³/mol. The van der Waals surface area contributed by atoms with Crippen LogP contribution in [0.15, 0.2) is 35.1 Å². The molecule has 25 heavy (non-hydrogen) atoms. The van der Waals surface area contributed by atoms with Crippen molar-refractivity contribution >= 4 is 11.6 Å². The zero-order valence-corrected chi connectivity index (χ0v) is 16.3. The number of rotatable bonds is 7. The van der Waals surface area contributed by atoms with E-state index in [0.717, 1.165) is 11.1 Å². The van der Waals surface area contributed by atoms with Gasteiger partial charge in [-0.05, 0) is 52.5 Å². The van der Waals surface area contributed by atoms with Gasteiger partial charge in [-0.15, -0.1) is 0 Å². The van der Waals surface area contributed by atoms with Crippen molar-refractivity contribution in [3.05, 3.63) is 35.1 Å². The fourth-order valence-corrected chi connectivity index (χ4v) is 3.28. The Morgan fingerprint density at radius 2 is 1.64 bits per heavy atom. The molecule has 2 unspecified atom stereocenters. The third-order valence-electron chi connectivity index (χ3n) is 4.63. The van der Waals surface area contributed by atoms with Gasteiger partial charge in [-0.3, -0.25) is 9.59 Å². The smallest absolute Gasteiger partial charge is 0.176 e. The summed E-state index contributed by atoms with van der Waals surface area (Å²) in [6.45, 7) is 11.6. The zero-order chi connectivity index (χ0) is 19.4. The average molecular weight is 348 g/mol. The van der Waals surface area contributed by atoms with Gasteiger partial charge in [0.1, 0.15) is 11.9 Å². The molecular weight excluding hydrogens is 316 g/mol. The quantitative estimate of drug-likeness (QED) is 0.531. The number of hydrogen-bond donors (Lipinski definition) is 2. The molecule has 0 aromatic heterocycles. The van der Waals surface area contributed by atoms with E-state index in [1.54, 1.807) is 0 Å². The molecule has 0 radical (unpaired) electrons. The SMILES string of the molecule is CC(C)=CCC1(CC=C(C)C)C(O)=CC(O)C(=O)C1C(=O)CC(C)C. The Hall–Kier alpha value is -1.68. The molecule has 1 rings (SSSR count). The van der Waals surface area contributed by atoms with Gasteiger partial charge in [0.15, 0.2) is 5.78 Å². The molecular formula is C21H32O4. The number of aliphatic hydroxyl groups excluding tert-OH is 2. The Morgan fingerprint density at radius 1 is 1.16 bits per heavy atom. The summed E-state index contributed by atoms with van der Waals surface area (Å²) < 4.78 is 0. The van der Waals surface area contributed by atoms with Gasteiger partial charge in [-0.1, -0.05) is 37.1 Å². The third-order valence-corrected chi connectivity index (χ3v) is 4.63. The van der Waals surface area contributed by atoms with E-state index in [4.69, 9.17) is 0 Å². The van der Waals surface area contributed by atoms with Gasteiger partial charge in [0.2, 0.25) is 0 Å². The molecule has 0 aromatic carbocycles. The summed E-state index contributed by atoms with van der Waals surface area (Å²) in [4.78, 5) is 25.6. The summed E-state index contributed by atoms with van der Waals surface area (Å²) >= 11 is 0. The summed E-state index contributed by atoms with van der Waals surface area (Å²) in [6, 6.07) is 0. The monoisotopic (exact) mass is 348 g/mol. The molecule has 0 amide bonds. The maximum absolute atomic E-state index is 12.9. The minimum absolute atomic E-state index is 0.0586. The van der Waals surface area contributed by atoms with Crippen LogP contribution >= 0.6 is 0 Å². The van der Waals surface area contributed by atoms with E-state index in [1.807, 2.05) is 53.7 Å². The summed E-state index contributed by atoms with van der Waals surface area (Å²) in [5.74, 6) is -1.69. The van der Waals surface area contributed by atoms with E-state index >= 15 is 0 Å². The first kappa shape index (κ1) is 21.4. The highest BCUT2D eigenvalue weighted by Gasteiger charge is 2.52. The predicted octanol–water partition coefficient (Wildman–Crippen LogP) is 4.30. The minimum Gasteiger partial charge on any atom is -0.512 e. The van der Waals surface area contributed by atoms with Crippen LogP contribution in [0.5, 0.6) is 0 Å². The summed E-state index contributed by atoms with van der Waals surface area (Å²) in [6.07, 6.45) is 4.68. The lowest BCUT2D eigenvalue weighted by molar-refractivity contribution is -0.144. The van der Waals surface area contributed by atoms with Crippen molar-refractivity contribution in [1.29, 1.82) is 0 Å². The molecule has 2 N–H and O–H groups in total. The molecule has 0 bridgehead atoms. The van der Waals surface area contributed by atoms with Crippen molar-refractivity contribution in [1.82, 2.24) is 0 Å². The Kier molecular flexibility index (Phi) is 7.36. The molecule has 0 aliphatic heterocycles. The zero-order valence-electron chi connectivity index (χ0n) is 16.3. The fraction of sp³-hybridized carbons (Fsp3) is 0.619. The first-order chi connectivity index (χ1) is 11.5. The summed E-state index contributed by atoms with van der Waals surface area (Å²) in [5.41, 5.74) is 1.09. The number of carbonyl (C=O) groups is 2. The van der Waals surface area contributed by atoms with Crippen molar-refractivity contribution in [3.63, 3.8) is 0 Å². The number of carbonyl (C=O) groups excluding carboxylic acids is 2. The Balaban J connectivity index is 3.52. The van der Waals surface area contributed by atoms with Crippen LogP contribution in [0.4, 0.5) is 0 Å². The van der Waals surface area contributed by atoms with Crippen LogP contribution in [0.2, 0.25) is 0 Å². The van der Waals surface area contributed by atoms with Gasteiger partial charge in [-0.2, -0.15) is 0 Å². The lowest BCUT2D eigenvalue weighted by atomic mass is 9.61. The van der Waals surface area contributed by atoms with Crippen LogP contribution in [-0.4, -0.2) is 27.9 Å². The van der Waals surface area contributed by atoms with Gasteiger partial charge in [-0.25, -0.2) is 0 Å². The second-order valence-corrected chi connectivity index (χ2v) is 8.02. The molecule has 1 aliphatic rings. The standard InChI is InChI=1S/C21H32O4/c1-13(2)7-9-21(10-8-14(3)4)18(24)12-17(23)20(25)19(21)16(22)11-15(5)6/h7-8,12,15,17,19,23-24H,9-11H2,1-6H3. The largest absolute Gasteiger partial charge is 0.512 e. The van der Waals surface area contributed by atoms with Crippen molar-refractivity contribution in [2.75, 3.05) is 0 Å². The molecule has 1 aliphatic carbocycles. The molecule has 0 saturated carbocycles. The van der Waals surface area contributed by atoms with E-state index < -0.39 is 23.2 Å². The molecule has 2 atom stereocenters. The van der Waals surface area contributed by atoms with Gasteiger partial charge in [0.25, 0.3) is 0 Å². The maximum atomic E-state index is 12.9. The summed E-state index contributed by atoms with van der Waals surface area (Å²) in [5, 5.41) is 20.7. The van der Waals surface area contributed by atoms with E-state index in [0.29, 0.717) is 12.8 Å². The highest BCUT2D eigenvalue weighted by atomic mass is 16.3. The average Bonchev–Trinajstić information content (AvgIpc) is 2.47. The number of Topliss-reactive ketones (excluding diaryl/α,β-unsaturated/α-hetero) is 2. The van der Waals surface area contributed by atoms with Crippen LogP contribution in [0.1, 0.15) is 60.8 Å². The minimum atomic E-state index is -1.42. The number of ketones is 2. The topological polar surface area (TPSA) is 74.6 Å². The first-order valence-electron chi connectivity index (χ1n) is 8.93. The second kappa shape index (κ2) is 8.61. The number of allylic oxidation sites excluding steroid dienone is 5. The van der Waals surface area contributed by atoms with Crippen LogP contribution < -0.4 is 0 Å². The van der Waals surface area contributed by atoms with E-state index in [9.17, 15) is 19.8 Å². The summed E-state index contributed by atoms with van der Waals surface area (Å²) in [7, 11) is 0. The van der Waals surface area contributed by atoms with Crippen molar-refractivity contribution < 1.29 is 19.8 Å². The highest BCUT2D eigenvalue weighted by Crippen LogP contribution is 2.47. The number of aliphatic hydroxyl groups is 2. The van der Waals surface area contributed by atoms with Gasteiger partial charge < -0.3 is 10.2 Å². The Morgan fingerprint density at radius 3 is 2.04 bits per heavy atom. The fourth-order valence-electron chi connectivity index (χ4n) is 3.28. The molecule has 0 saturated heterocycles. The molecule has 0 spiro atoms. The highest BCUT2D eigenvalue weighted by molar-refractivity contribution is 6.07. The third kappa shape index (κ3) is 5.15. The van der Waals surface area contributed by atoms with E-state index in [-0.39, 0.29) is 23.9 Å². The van der Waals surface area contributed by atoms with Crippen LogP contribution in [0, 0.1) is 17.3 Å². The normalized spacial score (nSPS) is 22.4. The molecule has 4 nitrogen and oxygen atoms in total. The van der Waals surface area contributed by atoms with Crippen molar-refractivity contribution in [2.24, 2.45) is 17.3 Å². The second-order valence-electron chi connectivity index (χ2n) is 8.02. The van der Waals surface area contributed by atoms with Gasteiger partial charge in [0, 0.05) is 6.42 Å². The van der Waals surface area contributed by atoms with E-state index in [2.05, 4.69) is 0 Å². The maximum Gasteiger partial charge on any atom is 0.176 e.